The second kappa shape index (κ2) is 5.94. The molecule has 0 bridgehead atoms. The Labute approximate surface area is 132 Å². The van der Waals surface area contributed by atoms with Crippen LogP contribution in [0.25, 0.3) is 10.9 Å². The lowest BCUT2D eigenvalue weighted by molar-refractivity contribution is 0.607. The zero-order valence-corrected chi connectivity index (χ0v) is 13.4. The zero-order valence-electron chi connectivity index (χ0n) is 11.7. The van der Waals surface area contributed by atoms with Gasteiger partial charge >= 0.3 is 0 Å². The molecule has 0 fully saturated rings. The first-order valence-electron chi connectivity index (χ1n) is 6.47. The Morgan fingerprint density at radius 3 is 2.50 bits per heavy atom. The molecule has 5 nitrogen and oxygen atoms in total. The van der Waals surface area contributed by atoms with Crippen LogP contribution < -0.4 is 4.72 Å². The van der Waals surface area contributed by atoms with Gasteiger partial charge in [-0.1, -0.05) is 18.2 Å². The molecule has 1 N–H and O–H groups in total. The van der Waals surface area contributed by atoms with Crippen LogP contribution in [0.2, 0.25) is 0 Å². The van der Waals surface area contributed by atoms with Crippen molar-refractivity contribution in [2.24, 2.45) is 0 Å². The van der Waals surface area contributed by atoms with E-state index in [4.69, 9.17) is 0 Å². The lowest BCUT2D eigenvalue weighted by Gasteiger charge is -2.05. The number of nitrogens with zero attached hydrogens (tertiary/aromatic N) is 2. The van der Waals surface area contributed by atoms with Gasteiger partial charge < -0.3 is 0 Å². The summed E-state index contributed by atoms with van der Waals surface area (Å²) in [7, 11) is -3.25. The molecule has 2 aromatic carbocycles. The lowest BCUT2D eigenvalue weighted by Crippen LogP contribution is -2.09. The normalized spacial score (nSPS) is 11.5. The fourth-order valence-electron chi connectivity index (χ4n) is 1.91. The number of para-hydroxylation sites is 1. The molecule has 3 rings (SSSR count). The molecule has 0 aliphatic rings. The van der Waals surface area contributed by atoms with Crippen molar-refractivity contribution in [1.29, 1.82) is 0 Å². The second-order valence-corrected chi connectivity index (χ2v) is 7.50. The van der Waals surface area contributed by atoms with E-state index in [1.54, 1.807) is 18.3 Å². The molecule has 0 amide bonds. The Morgan fingerprint density at radius 2 is 1.77 bits per heavy atom. The molecule has 0 radical (unpaired) electrons. The molecule has 22 heavy (non-hydrogen) atoms. The molecule has 7 heteroatoms. The zero-order chi connectivity index (χ0) is 15.6. The highest BCUT2D eigenvalue weighted by molar-refractivity contribution is 7.99. The largest absolute Gasteiger partial charge is 0.284 e. The smallest absolute Gasteiger partial charge is 0.229 e. The summed E-state index contributed by atoms with van der Waals surface area (Å²) in [5.74, 6) is 0. The van der Waals surface area contributed by atoms with Crippen LogP contribution in [-0.2, 0) is 10.0 Å². The summed E-state index contributed by atoms with van der Waals surface area (Å²) in [5, 5.41) is 1.65. The van der Waals surface area contributed by atoms with E-state index in [2.05, 4.69) is 14.7 Å². The Morgan fingerprint density at radius 1 is 1.05 bits per heavy atom. The van der Waals surface area contributed by atoms with Gasteiger partial charge in [0.05, 0.1) is 11.8 Å². The van der Waals surface area contributed by atoms with Gasteiger partial charge in [0.1, 0.15) is 0 Å². The van der Waals surface area contributed by atoms with Gasteiger partial charge in [-0.2, -0.15) is 0 Å². The number of rotatable bonds is 4. The maximum absolute atomic E-state index is 11.2. The molecular weight excluding hydrogens is 318 g/mol. The minimum absolute atomic E-state index is 0.534. The van der Waals surface area contributed by atoms with Gasteiger partial charge in [-0.15, -0.1) is 0 Å². The predicted molar refractivity (Wildman–Crippen MR) is 88.6 cm³/mol. The third-order valence-electron chi connectivity index (χ3n) is 2.83. The molecule has 0 spiro atoms. The predicted octanol–water partition coefficient (Wildman–Crippen LogP) is 3.15. The van der Waals surface area contributed by atoms with Crippen LogP contribution in [0.1, 0.15) is 0 Å². The van der Waals surface area contributed by atoms with E-state index in [9.17, 15) is 8.42 Å². The molecule has 1 aromatic heterocycles. The first-order chi connectivity index (χ1) is 10.5. The molecule has 0 aliphatic carbocycles. The van der Waals surface area contributed by atoms with Crippen LogP contribution in [0.4, 0.5) is 5.69 Å². The Kier molecular flexibility index (Phi) is 4.00. The molecule has 112 valence electrons. The fourth-order valence-corrected chi connectivity index (χ4v) is 3.21. The number of anilines is 1. The van der Waals surface area contributed by atoms with Crippen molar-refractivity contribution >= 4 is 38.4 Å². The average molecular weight is 331 g/mol. The van der Waals surface area contributed by atoms with Crippen LogP contribution in [0.3, 0.4) is 0 Å². The Bertz CT molecular complexity index is 909. The van der Waals surface area contributed by atoms with Crippen molar-refractivity contribution in [2.75, 3.05) is 11.0 Å². The van der Waals surface area contributed by atoms with Crippen molar-refractivity contribution in [2.45, 2.75) is 10.1 Å². The van der Waals surface area contributed by atoms with E-state index in [1.165, 1.54) is 11.8 Å². The minimum Gasteiger partial charge on any atom is -0.284 e. The molecular formula is C15H13N3O2S2. The third kappa shape index (κ3) is 3.75. The van der Waals surface area contributed by atoms with E-state index in [1.807, 2.05) is 36.4 Å². The summed E-state index contributed by atoms with van der Waals surface area (Å²) >= 11 is 1.43. The molecule has 1 heterocycles. The highest BCUT2D eigenvalue weighted by Gasteiger charge is 2.04. The summed E-state index contributed by atoms with van der Waals surface area (Å²) in [5.41, 5.74) is 1.43. The van der Waals surface area contributed by atoms with Gasteiger partial charge in [0.15, 0.2) is 5.16 Å². The minimum atomic E-state index is -3.25. The fraction of sp³-hybridized carbons (Fsp3) is 0.0667. The van der Waals surface area contributed by atoms with E-state index < -0.39 is 10.0 Å². The Balaban J connectivity index is 1.79. The van der Waals surface area contributed by atoms with Gasteiger partial charge in [0, 0.05) is 22.2 Å². The van der Waals surface area contributed by atoms with Gasteiger partial charge in [-0.05, 0) is 42.1 Å². The van der Waals surface area contributed by atoms with Gasteiger partial charge in [0.2, 0.25) is 10.0 Å². The average Bonchev–Trinajstić information content (AvgIpc) is 2.48. The first-order valence-corrected chi connectivity index (χ1v) is 9.18. The second-order valence-electron chi connectivity index (χ2n) is 4.71. The monoisotopic (exact) mass is 331 g/mol. The number of hydrogen-bond donors (Lipinski definition) is 1. The van der Waals surface area contributed by atoms with Crippen LogP contribution in [-0.4, -0.2) is 24.6 Å². The Hall–Kier alpha value is -2.12. The number of aromatic nitrogens is 2. The first kappa shape index (κ1) is 14.8. The number of fused-ring (bicyclic) bond motifs is 1. The summed E-state index contributed by atoms with van der Waals surface area (Å²) < 4.78 is 24.8. The molecule has 0 atom stereocenters. The number of nitrogens with one attached hydrogen (secondary N) is 1. The van der Waals surface area contributed by atoms with Crippen LogP contribution in [0, 0.1) is 0 Å². The van der Waals surface area contributed by atoms with E-state index in [-0.39, 0.29) is 0 Å². The van der Waals surface area contributed by atoms with Crippen molar-refractivity contribution < 1.29 is 8.42 Å². The summed E-state index contributed by atoms with van der Waals surface area (Å²) in [6.45, 7) is 0. The molecule has 0 aliphatic heterocycles. The number of benzene rings is 2. The van der Waals surface area contributed by atoms with E-state index in [0.717, 1.165) is 22.1 Å². The van der Waals surface area contributed by atoms with Gasteiger partial charge in [-0.25, -0.2) is 18.4 Å². The highest BCUT2D eigenvalue weighted by Crippen LogP contribution is 2.27. The summed E-state index contributed by atoms with van der Waals surface area (Å²) in [6, 6.07) is 14.9. The molecule has 0 saturated carbocycles. The summed E-state index contributed by atoms with van der Waals surface area (Å²) in [6.07, 6.45) is 2.92. The number of sulfonamides is 1. The van der Waals surface area contributed by atoms with Gasteiger partial charge in [0.25, 0.3) is 0 Å². The summed E-state index contributed by atoms with van der Waals surface area (Å²) in [4.78, 5) is 9.76. The molecule has 0 saturated heterocycles. The maximum atomic E-state index is 11.2. The van der Waals surface area contributed by atoms with Crippen LogP contribution in [0.5, 0.6) is 0 Å². The van der Waals surface area contributed by atoms with Crippen molar-refractivity contribution in [1.82, 2.24) is 9.97 Å². The van der Waals surface area contributed by atoms with Gasteiger partial charge in [-0.3, -0.25) is 4.72 Å². The highest BCUT2D eigenvalue weighted by atomic mass is 32.2. The lowest BCUT2D eigenvalue weighted by atomic mass is 10.2. The molecule has 3 aromatic rings. The van der Waals surface area contributed by atoms with Crippen molar-refractivity contribution in [3.05, 3.63) is 54.7 Å². The standard InChI is InChI=1S/C15H13N3O2S2/c1-22(19,20)18-12-6-8-13(9-7-12)21-15-16-10-11-4-2-3-5-14(11)17-15/h2-10,18H,1H3. The third-order valence-corrected chi connectivity index (χ3v) is 4.33. The maximum Gasteiger partial charge on any atom is 0.229 e. The van der Waals surface area contributed by atoms with Crippen molar-refractivity contribution in [3.8, 4) is 0 Å². The topological polar surface area (TPSA) is 72.0 Å². The SMILES string of the molecule is CS(=O)(=O)Nc1ccc(Sc2ncc3ccccc3n2)cc1. The number of hydrogen-bond acceptors (Lipinski definition) is 5. The van der Waals surface area contributed by atoms with Crippen LogP contribution in [0.15, 0.2) is 64.8 Å². The van der Waals surface area contributed by atoms with Crippen LogP contribution >= 0.6 is 11.8 Å². The van der Waals surface area contributed by atoms with E-state index in [0.29, 0.717) is 10.8 Å². The van der Waals surface area contributed by atoms with Crippen molar-refractivity contribution in [3.63, 3.8) is 0 Å². The molecule has 0 unspecified atom stereocenters. The van der Waals surface area contributed by atoms with E-state index >= 15 is 0 Å². The quantitative estimate of drug-likeness (QED) is 0.744.